The van der Waals surface area contributed by atoms with Crippen LogP contribution in [0.3, 0.4) is 0 Å². The van der Waals surface area contributed by atoms with Crippen LogP contribution in [0.4, 0.5) is 0 Å². The van der Waals surface area contributed by atoms with Crippen molar-refractivity contribution in [3.05, 3.63) is 69.2 Å². The van der Waals surface area contributed by atoms with Crippen LogP contribution in [0.1, 0.15) is 22.3 Å². The molecule has 1 aliphatic rings. The standard InChI is InChI=1S/C19H23BrN2/c1-21(2)12-15-5-3-6-16(11-15)13-22-10-9-18-17(14-22)7-4-8-19(18)20/h3-8,11H,9-10,12-14H2,1-2H3. The molecule has 2 aromatic carbocycles. The van der Waals surface area contributed by atoms with Gasteiger partial charge in [0.2, 0.25) is 0 Å². The maximum absolute atomic E-state index is 3.68. The lowest BCUT2D eigenvalue weighted by Gasteiger charge is -2.29. The summed E-state index contributed by atoms with van der Waals surface area (Å²) in [5.41, 5.74) is 5.76. The normalized spacial score (nSPS) is 15.1. The van der Waals surface area contributed by atoms with Crippen molar-refractivity contribution in [2.45, 2.75) is 26.1 Å². The number of halogens is 1. The van der Waals surface area contributed by atoms with E-state index in [0.29, 0.717) is 0 Å². The third kappa shape index (κ3) is 3.78. The van der Waals surface area contributed by atoms with Gasteiger partial charge in [-0.15, -0.1) is 0 Å². The van der Waals surface area contributed by atoms with Gasteiger partial charge in [-0.05, 0) is 48.8 Å². The van der Waals surface area contributed by atoms with Crippen LogP contribution in [-0.2, 0) is 26.1 Å². The fraction of sp³-hybridized carbons (Fsp3) is 0.368. The summed E-state index contributed by atoms with van der Waals surface area (Å²) in [5.74, 6) is 0. The highest BCUT2D eigenvalue weighted by Crippen LogP contribution is 2.27. The molecular formula is C19H23BrN2. The smallest absolute Gasteiger partial charge is 0.0240 e. The van der Waals surface area contributed by atoms with Crippen LogP contribution in [0.2, 0.25) is 0 Å². The molecule has 3 rings (SSSR count). The Morgan fingerprint density at radius 3 is 2.68 bits per heavy atom. The zero-order valence-electron chi connectivity index (χ0n) is 13.3. The van der Waals surface area contributed by atoms with Crippen molar-refractivity contribution < 1.29 is 0 Å². The van der Waals surface area contributed by atoms with Crippen molar-refractivity contribution in [1.29, 1.82) is 0 Å². The molecule has 0 spiro atoms. The summed E-state index contributed by atoms with van der Waals surface area (Å²) >= 11 is 3.68. The number of hydrogen-bond acceptors (Lipinski definition) is 2. The summed E-state index contributed by atoms with van der Waals surface area (Å²) in [6.45, 7) is 4.22. The Morgan fingerprint density at radius 2 is 1.86 bits per heavy atom. The number of benzene rings is 2. The van der Waals surface area contributed by atoms with Crippen molar-refractivity contribution in [2.24, 2.45) is 0 Å². The average molecular weight is 359 g/mol. The zero-order valence-corrected chi connectivity index (χ0v) is 14.9. The van der Waals surface area contributed by atoms with E-state index in [0.717, 1.165) is 32.6 Å². The minimum Gasteiger partial charge on any atom is -0.305 e. The highest BCUT2D eigenvalue weighted by atomic mass is 79.9. The van der Waals surface area contributed by atoms with Gasteiger partial charge in [-0.25, -0.2) is 0 Å². The number of fused-ring (bicyclic) bond motifs is 1. The van der Waals surface area contributed by atoms with Gasteiger partial charge in [0.05, 0.1) is 0 Å². The van der Waals surface area contributed by atoms with Crippen LogP contribution in [0.5, 0.6) is 0 Å². The summed E-state index contributed by atoms with van der Waals surface area (Å²) in [5, 5.41) is 0. The van der Waals surface area contributed by atoms with Gasteiger partial charge in [-0.1, -0.05) is 52.3 Å². The van der Waals surface area contributed by atoms with Crippen molar-refractivity contribution in [2.75, 3.05) is 20.6 Å². The fourth-order valence-corrected chi connectivity index (χ4v) is 3.81. The number of hydrogen-bond donors (Lipinski definition) is 0. The Hall–Kier alpha value is -1.16. The molecule has 0 bridgehead atoms. The molecule has 0 saturated carbocycles. The van der Waals surface area contributed by atoms with E-state index >= 15 is 0 Å². The molecule has 0 saturated heterocycles. The molecule has 1 aliphatic heterocycles. The Labute approximate surface area is 141 Å². The first kappa shape index (κ1) is 15.7. The van der Waals surface area contributed by atoms with Gasteiger partial charge in [0.15, 0.2) is 0 Å². The number of rotatable bonds is 4. The zero-order chi connectivity index (χ0) is 15.5. The van der Waals surface area contributed by atoms with E-state index in [1.165, 1.54) is 26.7 Å². The third-order valence-corrected chi connectivity index (χ3v) is 4.93. The second kappa shape index (κ2) is 6.95. The van der Waals surface area contributed by atoms with Gasteiger partial charge in [0.25, 0.3) is 0 Å². The Kier molecular flexibility index (Phi) is 4.97. The molecule has 2 nitrogen and oxygen atoms in total. The van der Waals surface area contributed by atoms with Gasteiger partial charge in [0, 0.05) is 30.7 Å². The van der Waals surface area contributed by atoms with Crippen molar-refractivity contribution in [1.82, 2.24) is 9.80 Å². The molecule has 0 N–H and O–H groups in total. The lowest BCUT2D eigenvalue weighted by Crippen LogP contribution is -2.30. The van der Waals surface area contributed by atoms with Crippen molar-refractivity contribution in [3.63, 3.8) is 0 Å². The topological polar surface area (TPSA) is 6.48 Å². The summed E-state index contributed by atoms with van der Waals surface area (Å²) in [4.78, 5) is 4.76. The maximum Gasteiger partial charge on any atom is 0.0240 e. The molecule has 0 unspecified atom stereocenters. The molecule has 0 aromatic heterocycles. The van der Waals surface area contributed by atoms with E-state index in [1.807, 2.05) is 0 Å². The van der Waals surface area contributed by atoms with Crippen LogP contribution in [0.25, 0.3) is 0 Å². The monoisotopic (exact) mass is 358 g/mol. The maximum atomic E-state index is 3.68. The largest absolute Gasteiger partial charge is 0.305 e. The van der Waals surface area contributed by atoms with E-state index in [1.54, 1.807) is 0 Å². The second-order valence-electron chi connectivity index (χ2n) is 6.40. The average Bonchev–Trinajstić information content (AvgIpc) is 2.47. The first-order chi connectivity index (χ1) is 10.6. The molecule has 1 heterocycles. The highest BCUT2D eigenvalue weighted by molar-refractivity contribution is 9.10. The van der Waals surface area contributed by atoms with Crippen LogP contribution in [0, 0.1) is 0 Å². The van der Waals surface area contributed by atoms with E-state index in [9.17, 15) is 0 Å². The Balaban J connectivity index is 1.70. The lowest BCUT2D eigenvalue weighted by molar-refractivity contribution is 0.245. The highest BCUT2D eigenvalue weighted by Gasteiger charge is 2.18. The molecule has 0 atom stereocenters. The van der Waals surface area contributed by atoms with E-state index in [2.05, 4.69) is 82.3 Å². The van der Waals surface area contributed by atoms with Gasteiger partial charge in [-0.3, -0.25) is 4.90 Å². The van der Waals surface area contributed by atoms with E-state index in [-0.39, 0.29) is 0 Å². The minimum atomic E-state index is 1.00. The molecule has 0 radical (unpaired) electrons. The van der Waals surface area contributed by atoms with Crippen LogP contribution < -0.4 is 0 Å². The molecule has 116 valence electrons. The summed E-state index contributed by atoms with van der Waals surface area (Å²) < 4.78 is 1.26. The first-order valence-electron chi connectivity index (χ1n) is 7.83. The van der Waals surface area contributed by atoms with Gasteiger partial charge in [0.1, 0.15) is 0 Å². The summed E-state index contributed by atoms with van der Waals surface area (Å²) in [6.07, 6.45) is 1.13. The Bertz CT molecular complexity index is 652. The third-order valence-electron chi connectivity index (χ3n) is 4.18. The van der Waals surface area contributed by atoms with Crippen molar-refractivity contribution in [3.8, 4) is 0 Å². The SMILES string of the molecule is CN(C)Cc1cccc(CN2CCc3c(Br)cccc3C2)c1. The fourth-order valence-electron chi connectivity index (χ4n) is 3.21. The van der Waals surface area contributed by atoms with Gasteiger partial charge in [-0.2, -0.15) is 0 Å². The Morgan fingerprint density at radius 1 is 1.09 bits per heavy atom. The molecule has 22 heavy (non-hydrogen) atoms. The molecule has 0 fully saturated rings. The quantitative estimate of drug-likeness (QED) is 0.812. The van der Waals surface area contributed by atoms with Crippen molar-refractivity contribution >= 4 is 15.9 Å². The first-order valence-corrected chi connectivity index (χ1v) is 8.62. The predicted molar refractivity (Wildman–Crippen MR) is 95.8 cm³/mol. The van der Waals surface area contributed by atoms with Gasteiger partial charge < -0.3 is 4.90 Å². The molecule has 0 amide bonds. The predicted octanol–water partition coefficient (Wildman–Crippen LogP) is 4.07. The molecule has 3 heteroatoms. The van der Waals surface area contributed by atoms with E-state index < -0.39 is 0 Å². The second-order valence-corrected chi connectivity index (χ2v) is 7.25. The van der Waals surface area contributed by atoms with Gasteiger partial charge >= 0.3 is 0 Å². The minimum absolute atomic E-state index is 1.00. The molecular weight excluding hydrogens is 336 g/mol. The summed E-state index contributed by atoms with van der Waals surface area (Å²) in [7, 11) is 4.23. The van der Waals surface area contributed by atoms with E-state index in [4.69, 9.17) is 0 Å². The molecule has 0 aliphatic carbocycles. The lowest BCUT2D eigenvalue weighted by atomic mass is 9.99. The number of nitrogens with zero attached hydrogens (tertiary/aromatic N) is 2. The summed E-state index contributed by atoms with van der Waals surface area (Å²) in [6, 6.07) is 15.5. The molecule has 2 aromatic rings. The van der Waals surface area contributed by atoms with Crippen LogP contribution in [0.15, 0.2) is 46.9 Å². The van der Waals surface area contributed by atoms with Crippen LogP contribution >= 0.6 is 15.9 Å². The van der Waals surface area contributed by atoms with Crippen LogP contribution in [-0.4, -0.2) is 30.4 Å².